The summed E-state index contributed by atoms with van der Waals surface area (Å²) in [6, 6.07) is 1.81. The molecule has 2 heterocycles. The van der Waals surface area contributed by atoms with Crippen LogP contribution in [0.15, 0.2) is 30.9 Å². The van der Waals surface area contributed by atoms with Crippen LogP contribution in [0.25, 0.3) is 11.4 Å². The van der Waals surface area contributed by atoms with Crippen molar-refractivity contribution in [3.05, 3.63) is 30.9 Å². The number of hydrogen-bond acceptors (Lipinski definition) is 4. The lowest BCUT2D eigenvalue weighted by atomic mass is 10.3. The molecule has 0 aliphatic carbocycles. The molecule has 0 amide bonds. The molecule has 6 nitrogen and oxygen atoms in total. The zero-order valence-electron chi connectivity index (χ0n) is 7.96. The molecule has 0 saturated carbocycles. The molecule has 0 aliphatic rings. The lowest BCUT2D eigenvalue weighted by Crippen LogP contribution is -2.18. The van der Waals surface area contributed by atoms with Crippen molar-refractivity contribution in [1.29, 1.82) is 5.41 Å². The summed E-state index contributed by atoms with van der Waals surface area (Å²) >= 11 is 0. The van der Waals surface area contributed by atoms with Gasteiger partial charge in [-0.05, 0) is 6.07 Å². The third kappa shape index (κ3) is 2.16. The van der Waals surface area contributed by atoms with Gasteiger partial charge in [-0.25, -0.2) is 0 Å². The lowest BCUT2D eigenvalue weighted by molar-refractivity contribution is 0.720. The molecular formula is C9H10N6. The predicted octanol–water partition coefficient (Wildman–Crippen LogP) is 0.276. The van der Waals surface area contributed by atoms with E-state index in [1.807, 2.05) is 6.07 Å². The van der Waals surface area contributed by atoms with Crippen molar-refractivity contribution in [3.63, 3.8) is 0 Å². The van der Waals surface area contributed by atoms with Gasteiger partial charge in [0.15, 0.2) is 0 Å². The molecule has 0 aliphatic heterocycles. The van der Waals surface area contributed by atoms with E-state index in [1.54, 1.807) is 29.5 Å². The Labute approximate surface area is 86.3 Å². The highest BCUT2D eigenvalue weighted by Crippen LogP contribution is 2.11. The van der Waals surface area contributed by atoms with Crippen molar-refractivity contribution in [1.82, 2.24) is 19.7 Å². The van der Waals surface area contributed by atoms with Crippen LogP contribution in [-0.2, 0) is 6.54 Å². The fraction of sp³-hybridized carbons (Fsp3) is 0.111. The zero-order valence-corrected chi connectivity index (χ0v) is 7.96. The molecule has 0 aromatic carbocycles. The summed E-state index contributed by atoms with van der Waals surface area (Å²) in [6.45, 7) is 0.292. The first kappa shape index (κ1) is 9.32. The zero-order chi connectivity index (χ0) is 10.7. The molecule has 0 saturated heterocycles. The third-order valence-electron chi connectivity index (χ3n) is 1.80. The molecule has 76 valence electrons. The molecule has 3 N–H and O–H groups in total. The van der Waals surface area contributed by atoms with Gasteiger partial charge in [-0.1, -0.05) is 0 Å². The van der Waals surface area contributed by atoms with Gasteiger partial charge in [0.25, 0.3) is 0 Å². The second-order valence-electron chi connectivity index (χ2n) is 3.01. The monoisotopic (exact) mass is 202 g/mol. The van der Waals surface area contributed by atoms with E-state index in [9.17, 15) is 0 Å². The Balaban J connectivity index is 2.24. The average molecular weight is 202 g/mol. The molecule has 2 aromatic rings. The Morgan fingerprint density at radius 2 is 2.27 bits per heavy atom. The maximum absolute atomic E-state index is 7.13. The highest BCUT2D eigenvalue weighted by atomic mass is 15.3. The molecular weight excluding hydrogens is 192 g/mol. The molecule has 0 unspecified atom stereocenters. The Kier molecular flexibility index (Phi) is 2.40. The van der Waals surface area contributed by atoms with Gasteiger partial charge in [0, 0.05) is 18.6 Å². The number of hydrogen-bond donors (Lipinski definition) is 2. The van der Waals surface area contributed by atoms with Gasteiger partial charge in [-0.3, -0.25) is 20.1 Å². The maximum Gasteiger partial charge on any atom is 0.113 e. The van der Waals surface area contributed by atoms with Crippen molar-refractivity contribution < 1.29 is 0 Å². The smallest absolute Gasteiger partial charge is 0.113 e. The van der Waals surface area contributed by atoms with Gasteiger partial charge in [0.2, 0.25) is 0 Å². The quantitative estimate of drug-likeness (QED) is 0.552. The number of nitrogens with two attached hydrogens (primary N) is 1. The first-order valence-corrected chi connectivity index (χ1v) is 4.38. The SMILES string of the molecule is N=C(N)Cn1ccc(-c2cnccn2)n1. The minimum absolute atomic E-state index is 0.0730. The fourth-order valence-electron chi connectivity index (χ4n) is 1.19. The number of aromatic nitrogens is 4. The van der Waals surface area contributed by atoms with Crippen LogP contribution in [0.1, 0.15) is 0 Å². The molecule has 0 bridgehead atoms. The minimum atomic E-state index is 0.0730. The second-order valence-corrected chi connectivity index (χ2v) is 3.01. The largest absolute Gasteiger partial charge is 0.386 e. The van der Waals surface area contributed by atoms with Gasteiger partial charge >= 0.3 is 0 Å². The van der Waals surface area contributed by atoms with E-state index in [-0.39, 0.29) is 5.84 Å². The predicted molar refractivity (Wildman–Crippen MR) is 55.2 cm³/mol. The average Bonchev–Trinajstić information content (AvgIpc) is 2.67. The molecule has 0 radical (unpaired) electrons. The van der Waals surface area contributed by atoms with Crippen LogP contribution in [0, 0.1) is 5.41 Å². The van der Waals surface area contributed by atoms with Crippen molar-refractivity contribution in [2.24, 2.45) is 5.73 Å². The molecule has 0 fully saturated rings. The summed E-state index contributed by atoms with van der Waals surface area (Å²) in [6.07, 6.45) is 6.61. The Bertz CT molecular complexity index is 460. The Morgan fingerprint density at radius 1 is 1.40 bits per heavy atom. The van der Waals surface area contributed by atoms with Gasteiger partial charge in [0.05, 0.1) is 12.7 Å². The first-order valence-electron chi connectivity index (χ1n) is 4.38. The summed E-state index contributed by atoms with van der Waals surface area (Å²) in [7, 11) is 0. The van der Waals surface area contributed by atoms with E-state index in [4.69, 9.17) is 11.1 Å². The molecule has 0 spiro atoms. The maximum atomic E-state index is 7.13. The van der Waals surface area contributed by atoms with Crippen LogP contribution in [0.2, 0.25) is 0 Å². The van der Waals surface area contributed by atoms with Gasteiger partial charge < -0.3 is 5.73 Å². The van der Waals surface area contributed by atoms with Crippen LogP contribution in [0.5, 0.6) is 0 Å². The summed E-state index contributed by atoms with van der Waals surface area (Å²) in [4.78, 5) is 8.07. The van der Waals surface area contributed by atoms with E-state index in [0.717, 1.165) is 5.69 Å². The number of nitrogens with zero attached hydrogens (tertiary/aromatic N) is 4. The molecule has 2 rings (SSSR count). The lowest BCUT2D eigenvalue weighted by Gasteiger charge is -1.97. The topological polar surface area (TPSA) is 93.5 Å². The molecule has 15 heavy (non-hydrogen) atoms. The van der Waals surface area contributed by atoms with Crippen LogP contribution < -0.4 is 5.73 Å². The summed E-state index contributed by atoms with van der Waals surface area (Å²) in [5, 5.41) is 11.3. The Hall–Kier alpha value is -2.24. The van der Waals surface area contributed by atoms with Crippen molar-refractivity contribution >= 4 is 5.84 Å². The molecule has 2 aromatic heterocycles. The normalized spacial score (nSPS) is 10.1. The van der Waals surface area contributed by atoms with Crippen LogP contribution in [-0.4, -0.2) is 25.6 Å². The van der Waals surface area contributed by atoms with Gasteiger partial charge in [-0.2, -0.15) is 5.10 Å². The number of amidine groups is 1. The number of rotatable bonds is 3. The molecule has 0 atom stereocenters. The third-order valence-corrected chi connectivity index (χ3v) is 1.80. The van der Waals surface area contributed by atoms with E-state index < -0.39 is 0 Å². The van der Waals surface area contributed by atoms with Crippen molar-refractivity contribution in [3.8, 4) is 11.4 Å². The van der Waals surface area contributed by atoms with Gasteiger partial charge in [-0.15, -0.1) is 0 Å². The standard InChI is InChI=1S/C9H10N6/c10-9(11)6-15-4-1-7(14-15)8-5-12-2-3-13-8/h1-5H,6H2,(H3,10,11). The van der Waals surface area contributed by atoms with Crippen LogP contribution in [0.4, 0.5) is 0 Å². The van der Waals surface area contributed by atoms with E-state index in [1.165, 1.54) is 0 Å². The van der Waals surface area contributed by atoms with Gasteiger partial charge in [0.1, 0.15) is 17.2 Å². The number of nitrogens with one attached hydrogen (secondary N) is 1. The van der Waals surface area contributed by atoms with E-state index in [0.29, 0.717) is 12.2 Å². The highest BCUT2D eigenvalue weighted by molar-refractivity contribution is 5.76. The van der Waals surface area contributed by atoms with Crippen molar-refractivity contribution in [2.45, 2.75) is 6.54 Å². The van der Waals surface area contributed by atoms with E-state index in [2.05, 4.69) is 15.1 Å². The van der Waals surface area contributed by atoms with Crippen LogP contribution >= 0.6 is 0 Å². The summed E-state index contributed by atoms with van der Waals surface area (Å²) in [5.74, 6) is 0.0730. The molecule has 6 heteroatoms. The van der Waals surface area contributed by atoms with Crippen LogP contribution in [0.3, 0.4) is 0 Å². The highest BCUT2D eigenvalue weighted by Gasteiger charge is 2.03. The fourth-order valence-corrected chi connectivity index (χ4v) is 1.19. The minimum Gasteiger partial charge on any atom is -0.386 e. The second kappa shape index (κ2) is 3.87. The van der Waals surface area contributed by atoms with E-state index >= 15 is 0 Å². The Morgan fingerprint density at radius 3 is 2.93 bits per heavy atom. The summed E-state index contributed by atoms with van der Waals surface area (Å²) in [5.41, 5.74) is 6.70. The van der Waals surface area contributed by atoms with Crippen molar-refractivity contribution in [2.75, 3.05) is 0 Å². The first-order chi connectivity index (χ1) is 7.25. The summed E-state index contributed by atoms with van der Waals surface area (Å²) < 4.78 is 1.59.